The summed E-state index contributed by atoms with van der Waals surface area (Å²) in [6, 6.07) is 16.6. The maximum Gasteiger partial charge on any atom is 0.235 e. The lowest BCUT2D eigenvalue weighted by molar-refractivity contribution is 0.970. The van der Waals surface area contributed by atoms with E-state index in [1.54, 1.807) is 11.3 Å². The average molecular weight is 306 g/mol. The van der Waals surface area contributed by atoms with E-state index in [1.165, 1.54) is 11.1 Å². The molecule has 0 aliphatic rings. The van der Waals surface area contributed by atoms with Crippen LogP contribution in [0.15, 0.2) is 48.5 Å². The number of aromatic nitrogens is 4. The fourth-order valence-electron chi connectivity index (χ4n) is 2.39. The molecular weight excluding hydrogens is 292 g/mol. The Hall–Kier alpha value is -2.53. The number of hydrogen-bond acceptors (Lipinski definition) is 4. The molecule has 2 heterocycles. The molecule has 0 bridgehead atoms. The third-order valence-electron chi connectivity index (χ3n) is 3.57. The molecule has 0 aliphatic heterocycles. The van der Waals surface area contributed by atoms with Gasteiger partial charge in [0.2, 0.25) is 4.96 Å². The average Bonchev–Trinajstić information content (AvgIpc) is 3.08. The standard InChI is InChI=1S/C17H14N4S/c1-11-6-8-13(9-7-11)16-20-21-15(18-19-17(21)22-16)14-5-3-4-12(2)10-14/h3-10H,1-2H3. The molecule has 22 heavy (non-hydrogen) atoms. The maximum atomic E-state index is 4.69. The Kier molecular flexibility index (Phi) is 3.01. The second-order valence-electron chi connectivity index (χ2n) is 5.36. The van der Waals surface area contributed by atoms with Crippen LogP contribution in [0, 0.1) is 13.8 Å². The molecule has 0 saturated heterocycles. The van der Waals surface area contributed by atoms with E-state index >= 15 is 0 Å². The van der Waals surface area contributed by atoms with Crippen LogP contribution in [0.25, 0.3) is 26.9 Å². The van der Waals surface area contributed by atoms with E-state index in [1.807, 2.05) is 16.6 Å². The largest absolute Gasteiger partial charge is 0.235 e. The lowest BCUT2D eigenvalue weighted by atomic mass is 10.1. The summed E-state index contributed by atoms with van der Waals surface area (Å²) in [5, 5.41) is 14.2. The van der Waals surface area contributed by atoms with Gasteiger partial charge in [-0.3, -0.25) is 0 Å². The molecule has 0 spiro atoms. The van der Waals surface area contributed by atoms with Crippen molar-refractivity contribution in [2.24, 2.45) is 0 Å². The van der Waals surface area contributed by atoms with Crippen LogP contribution in [0.1, 0.15) is 11.1 Å². The van der Waals surface area contributed by atoms with Crippen LogP contribution in [0.3, 0.4) is 0 Å². The van der Waals surface area contributed by atoms with Crippen LogP contribution >= 0.6 is 11.3 Å². The Morgan fingerprint density at radius 2 is 1.68 bits per heavy atom. The van der Waals surface area contributed by atoms with Gasteiger partial charge in [-0.15, -0.1) is 10.2 Å². The second kappa shape index (κ2) is 5.03. The fraction of sp³-hybridized carbons (Fsp3) is 0.118. The van der Waals surface area contributed by atoms with Gasteiger partial charge >= 0.3 is 0 Å². The minimum Gasteiger partial charge on any atom is -0.182 e. The molecule has 0 radical (unpaired) electrons. The summed E-state index contributed by atoms with van der Waals surface area (Å²) in [6.07, 6.45) is 0. The zero-order valence-corrected chi connectivity index (χ0v) is 13.1. The zero-order chi connectivity index (χ0) is 15.1. The van der Waals surface area contributed by atoms with E-state index < -0.39 is 0 Å². The second-order valence-corrected chi connectivity index (χ2v) is 6.32. The van der Waals surface area contributed by atoms with Gasteiger partial charge in [-0.2, -0.15) is 9.61 Å². The van der Waals surface area contributed by atoms with Crippen LogP contribution in [0.5, 0.6) is 0 Å². The molecule has 0 saturated carbocycles. The van der Waals surface area contributed by atoms with E-state index in [0.29, 0.717) is 0 Å². The first-order chi connectivity index (χ1) is 10.7. The topological polar surface area (TPSA) is 43.1 Å². The van der Waals surface area contributed by atoms with Crippen molar-refractivity contribution >= 4 is 16.3 Å². The van der Waals surface area contributed by atoms with Crippen molar-refractivity contribution in [1.82, 2.24) is 19.8 Å². The number of benzene rings is 2. The highest BCUT2D eigenvalue weighted by Crippen LogP contribution is 2.28. The molecule has 4 nitrogen and oxygen atoms in total. The lowest BCUT2D eigenvalue weighted by Gasteiger charge is -1.99. The first kappa shape index (κ1) is 13.2. The van der Waals surface area contributed by atoms with Gasteiger partial charge in [0.15, 0.2) is 5.82 Å². The quantitative estimate of drug-likeness (QED) is 0.559. The van der Waals surface area contributed by atoms with Crippen molar-refractivity contribution in [2.45, 2.75) is 13.8 Å². The van der Waals surface area contributed by atoms with E-state index in [9.17, 15) is 0 Å². The molecule has 108 valence electrons. The Morgan fingerprint density at radius 1 is 0.864 bits per heavy atom. The fourth-order valence-corrected chi connectivity index (χ4v) is 3.24. The number of fused-ring (bicyclic) bond motifs is 1. The van der Waals surface area contributed by atoms with Crippen molar-refractivity contribution in [3.05, 3.63) is 59.7 Å². The summed E-state index contributed by atoms with van der Waals surface area (Å²) >= 11 is 1.55. The number of aryl methyl sites for hydroxylation is 2. The van der Waals surface area contributed by atoms with E-state index in [-0.39, 0.29) is 0 Å². The molecular formula is C17H14N4S. The van der Waals surface area contributed by atoms with Crippen molar-refractivity contribution in [1.29, 1.82) is 0 Å². The minimum atomic E-state index is 0.785. The summed E-state index contributed by atoms with van der Waals surface area (Å²) in [5.74, 6) is 0.785. The Labute approximate surface area is 132 Å². The number of nitrogens with zero attached hydrogens (tertiary/aromatic N) is 4. The highest BCUT2D eigenvalue weighted by atomic mass is 32.1. The summed E-state index contributed by atoms with van der Waals surface area (Å²) in [4.78, 5) is 0.812. The molecule has 5 heteroatoms. The highest BCUT2D eigenvalue weighted by molar-refractivity contribution is 7.19. The third-order valence-corrected chi connectivity index (χ3v) is 4.51. The summed E-state index contributed by atoms with van der Waals surface area (Å²) in [7, 11) is 0. The van der Waals surface area contributed by atoms with Crippen LogP contribution in [0.2, 0.25) is 0 Å². The van der Waals surface area contributed by atoms with Crippen molar-refractivity contribution in [3.8, 4) is 22.0 Å². The minimum absolute atomic E-state index is 0.785. The molecule has 0 fully saturated rings. The van der Waals surface area contributed by atoms with Gasteiger partial charge in [-0.05, 0) is 19.9 Å². The summed E-state index contributed by atoms with van der Waals surface area (Å²) in [6.45, 7) is 4.15. The smallest absolute Gasteiger partial charge is 0.182 e. The molecule has 2 aromatic carbocycles. The molecule has 0 unspecified atom stereocenters. The summed E-state index contributed by atoms with van der Waals surface area (Å²) in [5.41, 5.74) is 4.58. The van der Waals surface area contributed by atoms with Crippen molar-refractivity contribution in [3.63, 3.8) is 0 Å². The maximum absolute atomic E-state index is 4.69. The number of rotatable bonds is 2. The van der Waals surface area contributed by atoms with Gasteiger partial charge in [0, 0.05) is 11.1 Å². The van der Waals surface area contributed by atoms with E-state index in [0.717, 1.165) is 26.9 Å². The molecule has 4 aromatic rings. The van der Waals surface area contributed by atoms with Crippen LogP contribution < -0.4 is 0 Å². The Bertz CT molecular complexity index is 950. The normalized spacial score (nSPS) is 11.2. The van der Waals surface area contributed by atoms with E-state index in [2.05, 4.69) is 65.5 Å². The molecule has 0 amide bonds. The predicted octanol–water partition coefficient (Wildman–Crippen LogP) is 4.14. The Balaban J connectivity index is 1.84. The monoisotopic (exact) mass is 306 g/mol. The van der Waals surface area contributed by atoms with Gasteiger partial charge in [-0.25, -0.2) is 0 Å². The SMILES string of the molecule is Cc1ccc(-c2nn3c(-c4cccc(C)c4)nnc3s2)cc1. The highest BCUT2D eigenvalue weighted by Gasteiger charge is 2.14. The van der Waals surface area contributed by atoms with Crippen LogP contribution in [0.4, 0.5) is 0 Å². The predicted molar refractivity (Wildman–Crippen MR) is 89.0 cm³/mol. The zero-order valence-electron chi connectivity index (χ0n) is 12.3. The molecule has 2 aromatic heterocycles. The molecule has 0 aliphatic carbocycles. The lowest BCUT2D eigenvalue weighted by Crippen LogP contribution is -1.91. The molecule has 0 N–H and O–H groups in total. The molecule has 4 rings (SSSR count). The van der Waals surface area contributed by atoms with Gasteiger partial charge in [0.1, 0.15) is 5.01 Å². The third kappa shape index (κ3) is 2.19. The molecule has 0 atom stereocenters. The van der Waals surface area contributed by atoms with E-state index in [4.69, 9.17) is 0 Å². The summed E-state index contributed by atoms with van der Waals surface area (Å²) < 4.78 is 1.83. The van der Waals surface area contributed by atoms with Crippen LogP contribution in [-0.4, -0.2) is 19.8 Å². The van der Waals surface area contributed by atoms with Gasteiger partial charge in [0.05, 0.1) is 0 Å². The van der Waals surface area contributed by atoms with Crippen molar-refractivity contribution in [2.75, 3.05) is 0 Å². The Morgan fingerprint density at radius 3 is 2.45 bits per heavy atom. The van der Waals surface area contributed by atoms with Gasteiger partial charge in [0.25, 0.3) is 0 Å². The van der Waals surface area contributed by atoms with Crippen LogP contribution in [-0.2, 0) is 0 Å². The van der Waals surface area contributed by atoms with Gasteiger partial charge in [-0.1, -0.05) is 64.9 Å². The number of hydrogen-bond donors (Lipinski definition) is 0. The van der Waals surface area contributed by atoms with Crippen molar-refractivity contribution < 1.29 is 0 Å². The first-order valence-corrected chi connectivity index (χ1v) is 7.89. The first-order valence-electron chi connectivity index (χ1n) is 7.07. The van der Waals surface area contributed by atoms with Gasteiger partial charge < -0.3 is 0 Å².